The Morgan fingerprint density at radius 2 is 2.00 bits per heavy atom. The highest BCUT2D eigenvalue weighted by atomic mass is 14.8. The average Bonchev–Trinajstić information content (AvgIpc) is 2.54. The molecule has 0 unspecified atom stereocenters. The van der Waals surface area contributed by atoms with E-state index in [4.69, 9.17) is 5.73 Å². The molecule has 2 heteroatoms. The van der Waals surface area contributed by atoms with Crippen molar-refractivity contribution in [2.24, 2.45) is 5.73 Å². The third-order valence-electron chi connectivity index (χ3n) is 2.98. The molecule has 2 rings (SSSR count). The van der Waals surface area contributed by atoms with E-state index in [-0.39, 0.29) is 5.54 Å². The maximum atomic E-state index is 6.29. The fourth-order valence-electron chi connectivity index (χ4n) is 2.06. The lowest BCUT2D eigenvalue weighted by Gasteiger charge is -2.23. The number of aryl methyl sites for hydroxylation is 1. The Morgan fingerprint density at radius 1 is 1.31 bits per heavy atom. The van der Waals surface area contributed by atoms with Gasteiger partial charge in [0.2, 0.25) is 0 Å². The molecule has 0 bridgehead atoms. The van der Waals surface area contributed by atoms with E-state index in [0.717, 1.165) is 18.5 Å². The first-order valence-corrected chi connectivity index (χ1v) is 4.93. The van der Waals surface area contributed by atoms with Gasteiger partial charge in [-0.15, -0.1) is 0 Å². The summed E-state index contributed by atoms with van der Waals surface area (Å²) in [5.74, 6) is 0. The molecule has 1 fully saturated rings. The zero-order valence-corrected chi connectivity index (χ0v) is 8.09. The summed E-state index contributed by atoms with van der Waals surface area (Å²) in [4.78, 5) is 4.29. The normalized spacial score (nSPS) is 20.5. The Morgan fingerprint density at radius 3 is 2.54 bits per heavy atom. The van der Waals surface area contributed by atoms with Gasteiger partial charge in [0.1, 0.15) is 0 Å². The number of pyridine rings is 1. The highest BCUT2D eigenvalue weighted by Crippen LogP contribution is 2.35. The fraction of sp³-hybridized carbons (Fsp3) is 0.545. The van der Waals surface area contributed by atoms with Crippen LogP contribution in [0.1, 0.15) is 36.9 Å². The zero-order chi connectivity index (χ0) is 9.31. The van der Waals surface area contributed by atoms with Gasteiger partial charge in [-0.1, -0.05) is 18.9 Å². The first-order chi connectivity index (χ1) is 6.21. The van der Waals surface area contributed by atoms with Gasteiger partial charge in [0.05, 0.1) is 0 Å². The fourth-order valence-corrected chi connectivity index (χ4v) is 2.06. The molecule has 1 aliphatic carbocycles. The molecule has 0 spiro atoms. The predicted molar refractivity (Wildman–Crippen MR) is 53.3 cm³/mol. The molecule has 2 N–H and O–H groups in total. The second-order valence-corrected chi connectivity index (χ2v) is 4.05. The Labute approximate surface area is 79.2 Å². The van der Waals surface area contributed by atoms with Crippen molar-refractivity contribution in [1.82, 2.24) is 4.98 Å². The van der Waals surface area contributed by atoms with Crippen LogP contribution in [0.5, 0.6) is 0 Å². The van der Waals surface area contributed by atoms with E-state index >= 15 is 0 Å². The largest absolute Gasteiger partial charge is 0.321 e. The molecule has 1 aliphatic rings. The lowest BCUT2D eigenvalue weighted by atomic mass is 9.91. The first kappa shape index (κ1) is 8.70. The molecule has 0 atom stereocenters. The molecule has 1 aromatic heterocycles. The van der Waals surface area contributed by atoms with Gasteiger partial charge >= 0.3 is 0 Å². The van der Waals surface area contributed by atoms with E-state index in [1.807, 2.05) is 19.2 Å². The topological polar surface area (TPSA) is 38.9 Å². The molecule has 0 saturated heterocycles. The van der Waals surface area contributed by atoms with E-state index in [1.165, 1.54) is 18.4 Å². The Balaban J connectivity index is 2.29. The summed E-state index contributed by atoms with van der Waals surface area (Å²) >= 11 is 0. The van der Waals surface area contributed by atoms with E-state index < -0.39 is 0 Å². The number of hydrogen-bond acceptors (Lipinski definition) is 2. The van der Waals surface area contributed by atoms with Crippen molar-refractivity contribution in [1.29, 1.82) is 0 Å². The third kappa shape index (κ3) is 1.59. The van der Waals surface area contributed by atoms with Crippen molar-refractivity contribution in [3.8, 4) is 0 Å². The maximum Gasteiger partial charge on any atom is 0.0425 e. The van der Waals surface area contributed by atoms with Crippen molar-refractivity contribution in [3.05, 3.63) is 29.6 Å². The maximum absolute atomic E-state index is 6.29. The second-order valence-electron chi connectivity index (χ2n) is 4.05. The summed E-state index contributed by atoms with van der Waals surface area (Å²) in [6.45, 7) is 2.00. The van der Waals surface area contributed by atoms with Crippen LogP contribution in [0.2, 0.25) is 0 Å². The molecule has 1 saturated carbocycles. The van der Waals surface area contributed by atoms with Crippen molar-refractivity contribution < 1.29 is 0 Å². The van der Waals surface area contributed by atoms with Crippen molar-refractivity contribution in [2.45, 2.75) is 38.1 Å². The van der Waals surface area contributed by atoms with Crippen LogP contribution in [0.25, 0.3) is 0 Å². The van der Waals surface area contributed by atoms with Crippen LogP contribution in [-0.2, 0) is 5.54 Å². The SMILES string of the molecule is Cc1ccc(C2(N)CCCC2)cn1. The van der Waals surface area contributed by atoms with E-state index in [1.54, 1.807) is 0 Å². The van der Waals surface area contributed by atoms with Gasteiger partial charge in [0.15, 0.2) is 0 Å². The van der Waals surface area contributed by atoms with Gasteiger partial charge in [-0.3, -0.25) is 4.98 Å². The molecule has 0 radical (unpaired) electrons. The van der Waals surface area contributed by atoms with Crippen molar-refractivity contribution in [2.75, 3.05) is 0 Å². The highest BCUT2D eigenvalue weighted by molar-refractivity contribution is 5.23. The minimum atomic E-state index is -0.0826. The van der Waals surface area contributed by atoms with Gasteiger partial charge in [-0.05, 0) is 31.4 Å². The van der Waals surface area contributed by atoms with E-state index in [0.29, 0.717) is 0 Å². The number of rotatable bonds is 1. The van der Waals surface area contributed by atoms with Gasteiger partial charge in [-0.25, -0.2) is 0 Å². The average molecular weight is 176 g/mol. The lowest BCUT2D eigenvalue weighted by molar-refractivity contribution is 0.460. The molecule has 0 amide bonds. The third-order valence-corrected chi connectivity index (χ3v) is 2.98. The van der Waals surface area contributed by atoms with Gasteiger partial charge in [0, 0.05) is 17.4 Å². The lowest BCUT2D eigenvalue weighted by Crippen LogP contribution is -2.33. The van der Waals surface area contributed by atoms with Crippen LogP contribution in [0.15, 0.2) is 18.3 Å². The summed E-state index contributed by atoms with van der Waals surface area (Å²) in [7, 11) is 0. The summed E-state index contributed by atoms with van der Waals surface area (Å²) < 4.78 is 0. The molecule has 1 aromatic rings. The monoisotopic (exact) mass is 176 g/mol. The molecular weight excluding hydrogens is 160 g/mol. The van der Waals surface area contributed by atoms with Crippen LogP contribution in [0.4, 0.5) is 0 Å². The number of hydrogen-bond donors (Lipinski definition) is 1. The Hall–Kier alpha value is -0.890. The number of nitrogens with zero attached hydrogens (tertiary/aromatic N) is 1. The Kier molecular flexibility index (Phi) is 2.08. The van der Waals surface area contributed by atoms with Crippen LogP contribution in [0.3, 0.4) is 0 Å². The van der Waals surface area contributed by atoms with Crippen molar-refractivity contribution >= 4 is 0 Å². The minimum Gasteiger partial charge on any atom is -0.321 e. The van der Waals surface area contributed by atoms with Gasteiger partial charge in [0.25, 0.3) is 0 Å². The number of nitrogens with two attached hydrogens (primary N) is 1. The van der Waals surface area contributed by atoms with E-state index in [9.17, 15) is 0 Å². The van der Waals surface area contributed by atoms with Crippen LogP contribution in [0, 0.1) is 6.92 Å². The summed E-state index contributed by atoms with van der Waals surface area (Å²) in [5.41, 5.74) is 8.47. The van der Waals surface area contributed by atoms with Crippen LogP contribution >= 0.6 is 0 Å². The molecule has 70 valence electrons. The van der Waals surface area contributed by atoms with Gasteiger partial charge in [-0.2, -0.15) is 0 Å². The molecule has 0 aromatic carbocycles. The second kappa shape index (κ2) is 3.11. The molecule has 2 nitrogen and oxygen atoms in total. The summed E-state index contributed by atoms with van der Waals surface area (Å²) in [6.07, 6.45) is 6.66. The molecule has 0 aliphatic heterocycles. The number of aromatic nitrogens is 1. The molecular formula is C11H16N2. The molecule has 1 heterocycles. The highest BCUT2D eigenvalue weighted by Gasteiger charge is 2.31. The van der Waals surface area contributed by atoms with Crippen LogP contribution in [-0.4, -0.2) is 4.98 Å². The zero-order valence-electron chi connectivity index (χ0n) is 8.09. The van der Waals surface area contributed by atoms with Gasteiger partial charge < -0.3 is 5.73 Å². The predicted octanol–water partition coefficient (Wildman–Crippen LogP) is 2.12. The quantitative estimate of drug-likeness (QED) is 0.711. The Bertz CT molecular complexity index is 283. The summed E-state index contributed by atoms with van der Waals surface area (Å²) in [6, 6.07) is 4.16. The first-order valence-electron chi connectivity index (χ1n) is 4.93. The minimum absolute atomic E-state index is 0.0826. The summed E-state index contributed by atoms with van der Waals surface area (Å²) in [5, 5.41) is 0. The van der Waals surface area contributed by atoms with Crippen molar-refractivity contribution in [3.63, 3.8) is 0 Å². The van der Waals surface area contributed by atoms with Crippen LogP contribution < -0.4 is 5.73 Å². The molecule has 13 heavy (non-hydrogen) atoms. The standard InChI is InChI=1S/C11H16N2/c1-9-4-5-10(8-13-9)11(12)6-2-3-7-11/h4-5,8H,2-3,6-7,12H2,1H3. The smallest absolute Gasteiger partial charge is 0.0425 e. The van der Waals surface area contributed by atoms with E-state index in [2.05, 4.69) is 11.1 Å².